The molecule has 0 saturated carbocycles. The number of rotatable bonds is 4. The van der Waals surface area contributed by atoms with Crippen molar-refractivity contribution in [2.75, 3.05) is 24.6 Å². The lowest BCUT2D eigenvalue weighted by atomic mass is 10.2. The third-order valence-electron chi connectivity index (χ3n) is 3.09. The highest BCUT2D eigenvalue weighted by atomic mass is 16.5. The predicted molar refractivity (Wildman–Crippen MR) is 69.7 cm³/mol. The molecule has 0 aromatic heterocycles. The van der Waals surface area contributed by atoms with Crippen LogP contribution in [-0.4, -0.2) is 30.9 Å². The molecule has 1 N–H and O–H groups in total. The fraction of sp³-hybridized carbons (Fsp3) is 0.571. The average Bonchev–Trinajstić information content (AvgIpc) is 2.53. The molecule has 1 aromatic rings. The fourth-order valence-electron chi connectivity index (χ4n) is 2.27. The van der Waals surface area contributed by atoms with Crippen molar-refractivity contribution in [3.8, 4) is 5.75 Å². The second kappa shape index (κ2) is 5.92. The van der Waals surface area contributed by atoms with E-state index in [0.717, 1.165) is 43.9 Å². The molecule has 0 aliphatic carbocycles. The fourth-order valence-corrected chi connectivity index (χ4v) is 2.27. The first kappa shape index (κ1) is 12.2. The Morgan fingerprint density at radius 2 is 2.24 bits per heavy atom. The third kappa shape index (κ3) is 3.13. The molecule has 1 heterocycles. The summed E-state index contributed by atoms with van der Waals surface area (Å²) in [6.45, 7) is 4.52. The number of anilines is 1. The third-order valence-corrected chi connectivity index (χ3v) is 3.09. The minimum Gasteiger partial charge on any atom is -0.491 e. The van der Waals surface area contributed by atoms with Gasteiger partial charge in [-0.05, 0) is 25.0 Å². The predicted octanol–water partition coefficient (Wildman–Crippen LogP) is 2.44. The van der Waals surface area contributed by atoms with Crippen LogP contribution in [0.25, 0.3) is 0 Å². The Hall–Kier alpha value is -1.22. The quantitative estimate of drug-likeness (QED) is 0.870. The maximum atomic E-state index is 9.94. The molecule has 0 saturated heterocycles. The molecule has 17 heavy (non-hydrogen) atoms. The van der Waals surface area contributed by atoms with E-state index in [9.17, 15) is 5.11 Å². The number of aliphatic hydroxyl groups excluding tert-OH is 1. The summed E-state index contributed by atoms with van der Waals surface area (Å²) in [7, 11) is 0. The van der Waals surface area contributed by atoms with Gasteiger partial charge in [0.15, 0.2) is 0 Å². The molecule has 2 rings (SSSR count). The number of aliphatic hydroxyl groups is 1. The molecule has 1 unspecified atom stereocenters. The Morgan fingerprint density at radius 3 is 3.06 bits per heavy atom. The molecule has 1 aromatic carbocycles. The van der Waals surface area contributed by atoms with Crippen LogP contribution < -0.4 is 9.64 Å². The minimum atomic E-state index is -0.244. The van der Waals surface area contributed by atoms with Crippen molar-refractivity contribution >= 4 is 5.69 Å². The van der Waals surface area contributed by atoms with Crippen LogP contribution in [0.15, 0.2) is 24.3 Å². The number of ether oxygens (including phenoxy) is 1. The van der Waals surface area contributed by atoms with Gasteiger partial charge in [0.2, 0.25) is 0 Å². The van der Waals surface area contributed by atoms with Crippen molar-refractivity contribution in [1.29, 1.82) is 0 Å². The van der Waals surface area contributed by atoms with Crippen molar-refractivity contribution in [3.63, 3.8) is 0 Å². The van der Waals surface area contributed by atoms with Gasteiger partial charge in [0, 0.05) is 13.1 Å². The highest BCUT2D eigenvalue weighted by Gasteiger charge is 2.18. The molecule has 1 aliphatic rings. The number of nitrogens with zero attached hydrogens (tertiary/aromatic N) is 1. The standard InChI is InChI=1S/C14H21NO2/c1-2-6-12(16)11-15-9-5-10-17-14-8-4-3-7-13(14)15/h3-4,7-8,12,16H,2,5-6,9-11H2,1H3. The van der Waals surface area contributed by atoms with Crippen molar-refractivity contribution in [2.24, 2.45) is 0 Å². The Bertz CT molecular complexity index is 354. The van der Waals surface area contributed by atoms with Gasteiger partial charge in [-0.2, -0.15) is 0 Å². The van der Waals surface area contributed by atoms with Gasteiger partial charge in [-0.3, -0.25) is 0 Å². The largest absolute Gasteiger partial charge is 0.491 e. The minimum absolute atomic E-state index is 0.244. The number of fused-ring (bicyclic) bond motifs is 1. The summed E-state index contributed by atoms with van der Waals surface area (Å²) in [5.41, 5.74) is 1.11. The molecular weight excluding hydrogens is 214 g/mol. The van der Waals surface area contributed by atoms with Crippen LogP contribution in [0.4, 0.5) is 5.69 Å². The molecule has 0 bridgehead atoms. The summed E-state index contributed by atoms with van der Waals surface area (Å²) in [4.78, 5) is 2.24. The SMILES string of the molecule is CCCC(O)CN1CCCOc2ccccc21. The Kier molecular flexibility index (Phi) is 4.26. The van der Waals surface area contributed by atoms with E-state index >= 15 is 0 Å². The zero-order valence-electron chi connectivity index (χ0n) is 10.4. The van der Waals surface area contributed by atoms with Gasteiger partial charge in [0.05, 0.1) is 18.4 Å². The van der Waals surface area contributed by atoms with Crippen molar-refractivity contribution in [2.45, 2.75) is 32.3 Å². The number of β-amino-alcohol motifs (C(OH)–C–C–N with tert-alkyl or cyclic N) is 1. The van der Waals surface area contributed by atoms with Crippen molar-refractivity contribution in [3.05, 3.63) is 24.3 Å². The van der Waals surface area contributed by atoms with Gasteiger partial charge >= 0.3 is 0 Å². The Morgan fingerprint density at radius 1 is 1.41 bits per heavy atom. The average molecular weight is 235 g/mol. The number of para-hydroxylation sites is 2. The van der Waals surface area contributed by atoms with Gasteiger partial charge < -0.3 is 14.7 Å². The Labute approximate surface area is 103 Å². The topological polar surface area (TPSA) is 32.7 Å². The monoisotopic (exact) mass is 235 g/mol. The van der Waals surface area contributed by atoms with Crippen LogP contribution in [-0.2, 0) is 0 Å². The second-order valence-corrected chi connectivity index (χ2v) is 4.56. The molecule has 3 heteroatoms. The lowest BCUT2D eigenvalue weighted by molar-refractivity contribution is 0.168. The molecule has 0 radical (unpaired) electrons. The molecule has 0 spiro atoms. The Balaban J connectivity index is 2.11. The van der Waals surface area contributed by atoms with Gasteiger partial charge in [-0.25, -0.2) is 0 Å². The second-order valence-electron chi connectivity index (χ2n) is 4.56. The van der Waals surface area contributed by atoms with Crippen LogP contribution in [0.1, 0.15) is 26.2 Å². The van der Waals surface area contributed by atoms with E-state index in [2.05, 4.69) is 17.9 Å². The maximum absolute atomic E-state index is 9.94. The van der Waals surface area contributed by atoms with Gasteiger partial charge in [0.25, 0.3) is 0 Å². The van der Waals surface area contributed by atoms with Crippen molar-refractivity contribution < 1.29 is 9.84 Å². The number of benzene rings is 1. The van der Waals surface area contributed by atoms with Gasteiger partial charge in [-0.15, -0.1) is 0 Å². The van der Waals surface area contributed by atoms with E-state index in [1.54, 1.807) is 0 Å². The number of hydrogen-bond acceptors (Lipinski definition) is 3. The summed E-state index contributed by atoms with van der Waals surface area (Å²) >= 11 is 0. The molecular formula is C14H21NO2. The molecule has 1 atom stereocenters. The molecule has 3 nitrogen and oxygen atoms in total. The normalized spacial score (nSPS) is 16.9. The summed E-state index contributed by atoms with van der Waals surface area (Å²) < 4.78 is 5.70. The molecule has 94 valence electrons. The first-order valence-electron chi connectivity index (χ1n) is 6.46. The van der Waals surface area contributed by atoms with Gasteiger partial charge in [-0.1, -0.05) is 25.5 Å². The van der Waals surface area contributed by atoms with E-state index in [1.807, 2.05) is 18.2 Å². The highest BCUT2D eigenvalue weighted by molar-refractivity contribution is 5.59. The summed E-state index contributed by atoms with van der Waals surface area (Å²) in [6.07, 6.45) is 2.64. The molecule has 0 fully saturated rings. The first-order valence-corrected chi connectivity index (χ1v) is 6.46. The van der Waals surface area contributed by atoms with Gasteiger partial charge in [0.1, 0.15) is 5.75 Å². The van der Waals surface area contributed by atoms with E-state index < -0.39 is 0 Å². The first-order chi connectivity index (χ1) is 8.31. The van der Waals surface area contributed by atoms with E-state index in [-0.39, 0.29) is 6.10 Å². The van der Waals surface area contributed by atoms with Crippen molar-refractivity contribution in [1.82, 2.24) is 0 Å². The lowest BCUT2D eigenvalue weighted by Gasteiger charge is -2.26. The van der Waals surface area contributed by atoms with E-state index in [0.29, 0.717) is 6.54 Å². The van der Waals surface area contributed by atoms with E-state index in [4.69, 9.17) is 4.74 Å². The lowest BCUT2D eigenvalue weighted by Crippen LogP contribution is -2.32. The van der Waals surface area contributed by atoms with E-state index in [1.165, 1.54) is 0 Å². The van der Waals surface area contributed by atoms with Crippen LogP contribution >= 0.6 is 0 Å². The summed E-state index contributed by atoms with van der Waals surface area (Å²) in [5.74, 6) is 0.939. The summed E-state index contributed by atoms with van der Waals surface area (Å²) in [6, 6.07) is 8.08. The molecule has 0 amide bonds. The summed E-state index contributed by atoms with van der Waals surface area (Å²) in [5, 5.41) is 9.94. The van der Waals surface area contributed by atoms with Crippen LogP contribution in [0, 0.1) is 0 Å². The zero-order valence-corrected chi connectivity index (χ0v) is 10.4. The van der Waals surface area contributed by atoms with Crippen LogP contribution in [0.5, 0.6) is 5.75 Å². The molecule has 1 aliphatic heterocycles. The highest BCUT2D eigenvalue weighted by Crippen LogP contribution is 2.30. The van der Waals surface area contributed by atoms with Crippen LogP contribution in [0.2, 0.25) is 0 Å². The zero-order chi connectivity index (χ0) is 12.1. The van der Waals surface area contributed by atoms with Crippen LogP contribution in [0.3, 0.4) is 0 Å². The smallest absolute Gasteiger partial charge is 0.142 e. The number of hydrogen-bond donors (Lipinski definition) is 1. The maximum Gasteiger partial charge on any atom is 0.142 e.